The summed E-state index contributed by atoms with van der Waals surface area (Å²) in [5.74, 6) is -4.32. The second-order valence-electron chi connectivity index (χ2n) is 3.06. The summed E-state index contributed by atoms with van der Waals surface area (Å²) in [4.78, 5) is 20.8. The zero-order valence-corrected chi connectivity index (χ0v) is 8.68. The Hall–Kier alpha value is -1.52. The molecule has 0 aromatic carbocycles. The van der Waals surface area contributed by atoms with Crippen LogP contribution in [0.1, 0.15) is 26.2 Å². The molecule has 0 fully saturated rings. The van der Waals surface area contributed by atoms with Crippen molar-refractivity contribution in [1.29, 1.82) is 0 Å². The Labute approximate surface area is 88.4 Å². The second-order valence-corrected chi connectivity index (χ2v) is 3.06. The van der Waals surface area contributed by atoms with Crippen molar-refractivity contribution >= 4 is 11.9 Å². The van der Waals surface area contributed by atoms with E-state index < -0.39 is 17.9 Å². The first-order chi connectivity index (χ1) is 7.09. The monoisotopic (exact) mass is 216 g/mol. The predicted octanol–water partition coefficient (Wildman–Crippen LogP) is 1.49. The topological polar surface area (TPSA) is 83.8 Å². The molecule has 0 saturated heterocycles. The van der Waals surface area contributed by atoms with Gasteiger partial charge in [0, 0.05) is 0 Å². The molecule has 0 radical (unpaired) electrons. The Kier molecular flexibility index (Phi) is 7.05. The summed E-state index contributed by atoms with van der Waals surface area (Å²) in [6.07, 6.45) is 5.15. The second kappa shape index (κ2) is 7.84. The van der Waals surface area contributed by atoms with Gasteiger partial charge < -0.3 is 14.9 Å². The number of carboxylic acid groups (broad SMARTS) is 2. The van der Waals surface area contributed by atoms with Gasteiger partial charge in [0.15, 0.2) is 5.92 Å². The fraction of sp³-hybridized carbons (Fsp3) is 0.600. The summed E-state index contributed by atoms with van der Waals surface area (Å²) in [6, 6.07) is 0. The molecule has 0 spiro atoms. The largest absolute Gasteiger partial charge is 0.501 e. The third kappa shape index (κ3) is 6.54. The lowest BCUT2D eigenvalue weighted by atomic mass is 10.1. The van der Waals surface area contributed by atoms with Crippen molar-refractivity contribution in [3.05, 3.63) is 12.3 Å². The van der Waals surface area contributed by atoms with E-state index in [-0.39, 0.29) is 0 Å². The lowest BCUT2D eigenvalue weighted by Crippen LogP contribution is -2.20. The highest BCUT2D eigenvalue weighted by atomic mass is 16.5. The van der Waals surface area contributed by atoms with E-state index in [0.717, 1.165) is 31.6 Å². The quantitative estimate of drug-likeness (QED) is 0.365. The smallest absolute Gasteiger partial charge is 0.321 e. The van der Waals surface area contributed by atoms with Crippen molar-refractivity contribution in [3.63, 3.8) is 0 Å². The average Bonchev–Trinajstić information content (AvgIpc) is 2.15. The minimum Gasteiger partial charge on any atom is -0.501 e. The number of unbranched alkanes of at least 4 members (excludes halogenated alkanes) is 2. The molecule has 0 unspecified atom stereocenters. The molecular formula is C10H16O5. The maximum atomic E-state index is 10.4. The highest BCUT2D eigenvalue weighted by Gasteiger charge is 2.22. The van der Waals surface area contributed by atoms with Gasteiger partial charge in [0.05, 0.1) is 12.9 Å². The molecule has 2 N–H and O–H groups in total. The first-order valence-electron chi connectivity index (χ1n) is 4.83. The number of ether oxygens (including phenoxy) is 1. The van der Waals surface area contributed by atoms with E-state index in [9.17, 15) is 9.59 Å². The first kappa shape index (κ1) is 13.5. The fourth-order valence-corrected chi connectivity index (χ4v) is 0.908. The summed E-state index contributed by atoms with van der Waals surface area (Å²) in [7, 11) is 0. The summed E-state index contributed by atoms with van der Waals surface area (Å²) in [5.41, 5.74) is 0. The molecule has 0 aliphatic carbocycles. The van der Waals surface area contributed by atoms with E-state index in [1.54, 1.807) is 0 Å². The van der Waals surface area contributed by atoms with E-state index in [4.69, 9.17) is 14.9 Å². The van der Waals surface area contributed by atoms with Gasteiger partial charge in [-0.3, -0.25) is 9.59 Å². The van der Waals surface area contributed by atoms with Gasteiger partial charge in [-0.05, 0) is 12.5 Å². The molecule has 0 amide bonds. The maximum absolute atomic E-state index is 10.4. The molecule has 0 heterocycles. The summed E-state index contributed by atoms with van der Waals surface area (Å²) in [6.45, 7) is 2.54. The lowest BCUT2D eigenvalue weighted by Gasteiger charge is -2.01. The Morgan fingerprint density at radius 1 is 1.27 bits per heavy atom. The van der Waals surface area contributed by atoms with E-state index >= 15 is 0 Å². The van der Waals surface area contributed by atoms with Crippen LogP contribution in [0.3, 0.4) is 0 Å². The van der Waals surface area contributed by atoms with Crippen molar-refractivity contribution in [2.45, 2.75) is 26.2 Å². The van der Waals surface area contributed by atoms with E-state index in [1.807, 2.05) is 0 Å². The van der Waals surface area contributed by atoms with Gasteiger partial charge in [-0.15, -0.1) is 0 Å². The normalized spacial score (nSPS) is 10.8. The molecule has 5 heteroatoms. The molecule has 0 aromatic rings. The fourth-order valence-electron chi connectivity index (χ4n) is 0.908. The van der Waals surface area contributed by atoms with Crippen LogP contribution in [-0.4, -0.2) is 28.8 Å². The minimum atomic E-state index is -1.53. The molecule has 0 aliphatic heterocycles. The average molecular weight is 216 g/mol. The van der Waals surface area contributed by atoms with Crippen LogP contribution in [0.5, 0.6) is 0 Å². The van der Waals surface area contributed by atoms with Crippen LogP contribution in [0.4, 0.5) is 0 Å². The summed E-state index contributed by atoms with van der Waals surface area (Å²) in [5, 5.41) is 17.0. The van der Waals surface area contributed by atoms with E-state index in [0.29, 0.717) is 6.61 Å². The number of carboxylic acids is 2. The zero-order valence-electron chi connectivity index (χ0n) is 8.68. The van der Waals surface area contributed by atoms with Crippen molar-refractivity contribution in [2.24, 2.45) is 5.92 Å². The molecule has 15 heavy (non-hydrogen) atoms. The Morgan fingerprint density at radius 3 is 2.33 bits per heavy atom. The molecular weight excluding hydrogens is 200 g/mol. The van der Waals surface area contributed by atoms with Crippen LogP contribution >= 0.6 is 0 Å². The van der Waals surface area contributed by atoms with Gasteiger partial charge in [-0.1, -0.05) is 19.8 Å². The minimum absolute atomic E-state index is 0.482. The molecule has 0 rings (SSSR count). The highest BCUT2D eigenvalue weighted by molar-refractivity contribution is 5.94. The molecule has 86 valence electrons. The SMILES string of the molecule is CCCCCO/C=C/C(C(=O)O)C(=O)O. The van der Waals surface area contributed by atoms with Gasteiger partial charge in [0.25, 0.3) is 0 Å². The van der Waals surface area contributed by atoms with Crippen LogP contribution in [-0.2, 0) is 14.3 Å². The third-order valence-electron chi connectivity index (χ3n) is 1.77. The van der Waals surface area contributed by atoms with Gasteiger partial charge in [0.2, 0.25) is 0 Å². The molecule has 0 aromatic heterocycles. The molecule has 5 nitrogen and oxygen atoms in total. The Bertz CT molecular complexity index is 220. The highest BCUT2D eigenvalue weighted by Crippen LogP contribution is 2.00. The first-order valence-corrected chi connectivity index (χ1v) is 4.83. The van der Waals surface area contributed by atoms with Gasteiger partial charge in [-0.2, -0.15) is 0 Å². The van der Waals surface area contributed by atoms with Crippen LogP contribution in [0.2, 0.25) is 0 Å². The lowest BCUT2D eigenvalue weighted by molar-refractivity contribution is -0.151. The van der Waals surface area contributed by atoms with Crippen LogP contribution in [0.15, 0.2) is 12.3 Å². The Morgan fingerprint density at radius 2 is 1.87 bits per heavy atom. The third-order valence-corrected chi connectivity index (χ3v) is 1.77. The Balaban J connectivity index is 3.81. The van der Waals surface area contributed by atoms with Crippen molar-refractivity contribution in [2.75, 3.05) is 6.61 Å². The van der Waals surface area contributed by atoms with E-state index in [2.05, 4.69) is 6.92 Å². The summed E-state index contributed by atoms with van der Waals surface area (Å²) >= 11 is 0. The van der Waals surface area contributed by atoms with Crippen molar-refractivity contribution in [3.8, 4) is 0 Å². The number of carbonyl (C=O) groups is 2. The van der Waals surface area contributed by atoms with Gasteiger partial charge in [-0.25, -0.2) is 0 Å². The molecule has 0 aliphatic rings. The molecule has 0 bridgehead atoms. The van der Waals surface area contributed by atoms with Gasteiger partial charge >= 0.3 is 11.9 Å². The van der Waals surface area contributed by atoms with Crippen LogP contribution in [0.25, 0.3) is 0 Å². The molecule has 0 atom stereocenters. The van der Waals surface area contributed by atoms with E-state index in [1.165, 1.54) is 0 Å². The summed E-state index contributed by atoms with van der Waals surface area (Å²) < 4.78 is 4.96. The number of hydrogen-bond acceptors (Lipinski definition) is 3. The number of aliphatic carboxylic acids is 2. The standard InChI is InChI=1S/C10H16O5/c1-2-3-4-6-15-7-5-8(9(11)12)10(13)14/h5,7-8H,2-4,6H2,1H3,(H,11,12)(H,13,14)/b7-5+. The van der Waals surface area contributed by atoms with Crippen LogP contribution in [0, 0.1) is 5.92 Å². The maximum Gasteiger partial charge on any atom is 0.321 e. The number of hydrogen-bond donors (Lipinski definition) is 2. The van der Waals surface area contributed by atoms with Gasteiger partial charge in [0.1, 0.15) is 0 Å². The van der Waals surface area contributed by atoms with Crippen molar-refractivity contribution in [1.82, 2.24) is 0 Å². The van der Waals surface area contributed by atoms with Crippen LogP contribution < -0.4 is 0 Å². The predicted molar refractivity (Wildman–Crippen MR) is 53.4 cm³/mol. The van der Waals surface area contributed by atoms with Crippen molar-refractivity contribution < 1.29 is 24.5 Å². The number of rotatable bonds is 8. The zero-order chi connectivity index (χ0) is 11.7. The molecule has 0 saturated carbocycles.